The van der Waals surface area contributed by atoms with E-state index in [0.717, 1.165) is 0 Å². The monoisotopic (exact) mass is 344 g/mol. The van der Waals surface area contributed by atoms with Crippen LogP contribution in [0.3, 0.4) is 0 Å². The van der Waals surface area contributed by atoms with Gasteiger partial charge in [0.05, 0.1) is 19.8 Å². The van der Waals surface area contributed by atoms with E-state index in [1.54, 1.807) is 0 Å². The molecule has 0 saturated carbocycles. The summed E-state index contributed by atoms with van der Waals surface area (Å²) in [7, 11) is 0. The van der Waals surface area contributed by atoms with Crippen molar-refractivity contribution in [2.45, 2.75) is 55.1 Å². The molecular formula is C12H24O11. The minimum atomic E-state index is -1.85. The summed E-state index contributed by atoms with van der Waals surface area (Å²) in [4.78, 5) is 0. The molecule has 1 fully saturated rings. The average molecular weight is 344 g/mol. The molecule has 9 N–H and O–H groups in total. The quantitative estimate of drug-likeness (QED) is 0.203. The second-order valence-electron chi connectivity index (χ2n) is 5.29. The maximum absolute atomic E-state index is 9.83. The van der Waals surface area contributed by atoms with E-state index in [9.17, 15) is 30.6 Å². The first-order valence-corrected chi connectivity index (χ1v) is 7.00. The summed E-state index contributed by atoms with van der Waals surface area (Å²) in [6, 6.07) is 0. The van der Waals surface area contributed by atoms with Gasteiger partial charge in [-0.05, 0) is 0 Å². The topological polar surface area (TPSA) is 201 Å². The normalized spacial score (nSPS) is 37.2. The van der Waals surface area contributed by atoms with Crippen LogP contribution < -0.4 is 0 Å². The lowest BCUT2D eigenvalue weighted by Crippen LogP contribution is -2.61. The van der Waals surface area contributed by atoms with Gasteiger partial charge in [-0.15, -0.1) is 0 Å². The van der Waals surface area contributed by atoms with Gasteiger partial charge in [-0.1, -0.05) is 0 Å². The van der Waals surface area contributed by atoms with Gasteiger partial charge >= 0.3 is 0 Å². The predicted octanol–water partition coefficient (Wildman–Crippen LogP) is -5.76. The van der Waals surface area contributed by atoms with Gasteiger partial charge in [-0.2, -0.15) is 0 Å². The molecule has 1 heterocycles. The molecule has 0 unspecified atom stereocenters. The number of aliphatic hydroxyl groups is 9. The zero-order valence-corrected chi connectivity index (χ0v) is 12.2. The van der Waals surface area contributed by atoms with Crippen LogP contribution in [-0.2, 0) is 9.47 Å². The minimum Gasteiger partial charge on any atom is -0.394 e. The lowest BCUT2D eigenvalue weighted by Gasteiger charge is -2.42. The van der Waals surface area contributed by atoms with Crippen molar-refractivity contribution in [3.63, 3.8) is 0 Å². The number of rotatable bonds is 8. The Morgan fingerprint density at radius 1 is 0.826 bits per heavy atom. The van der Waals surface area contributed by atoms with Crippen LogP contribution in [0.15, 0.2) is 0 Å². The van der Waals surface area contributed by atoms with Crippen LogP contribution in [0, 0.1) is 0 Å². The van der Waals surface area contributed by atoms with E-state index in [1.165, 1.54) is 0 Å². The Bertz CT molecular complexity index is 341. The summed E-state index contributed by atoms with van der Waals surface area (Å²) in [6.45, 7) is -2.45. The van der Waals surface area contributed by atoms with Crippen LogP contribution in [0.5, 0.6) is 0 Å². The number of hydrogen-bond donors (Lipinski definition) is 9. The van der Waals surface area contributed by atoms with Gasteiger partial charge in [0.15, 0.2) is 6.29 Å². The third-order valence-corrected chi connectivity index (χ3v) is 3.62. The Morgan fingerprint density at radius 2 is 1.39 bits per heavy atom. The van der Waals surface area contributed by atoms with E-state index in [-0.39, 0.29) is 0 Å². The summed E-state index contributed by atoms with van der Waals surface area (Å²) < 4.78 is 10.1. The molecule has 1 saturated heterocycles. The lowest BCUT2D eigenvalue weighted by molar-refractivity contribution is -0.327. The van der Waals surface area contributed by atoms with Gasteiger partial charge in [-0.3, -0.25) is 0 Å². The Morgan fingerprint density at radius 3 is 1.87 bits per heavy atom. The van der Waals surface area contributed by atoms with Crippen LogP contribution in [0.2, 0.25) is 0 Å². The molecule has 11 heteroatoms. The van der Waals surface area contributed by atoms with E-state index >= 15 is 0 Å². The van der Waals surface area contributed by atoms with E-state index < -0.39 is 74.9 Å². The molecule has 0 aliphatic carbocycles. The molecule has 0 bridgehead atoms. The van der Waals surface area contributed by atoms with Crippen LogP contribution in [0.4, 0.5) is 0 Å². The largest absolute Gasteiger partial charge is 0.394 e. The number of aliphatic hydroxyl groups excluding tert-OH is 9. The van der Waals surface area contributed by atoms with Crippen molar-refractivity contribution in [2.75, 3.05) is 19.8 Å². The van der Waals surface area contributed by atoms with Crippen LogP contribution in [-0.4, -0.2) is 121 Å². The Kier molecular flexibility index (Phi) is 8.20. The van der Waals surface area contributed by atoms with Crippen LogP contribution >= 0.6 is 0 Å². The van der Waals surface area contributed by atoms with E-state index in [2.05, 4.69) is 0 Å². The molecule has 11 nitrogen and oxygen atoms in total. The third kappa shape index (κ3) is 4.78. The highest BCUT2D eigenvalue weighted by atomic mass is 16.7. The average Bonchev–Trinajstić information content (AvgIpc) is 2.57. The predicted molar refractivity (Wildman–Crippen MR) is 70.8 cm³/mol. The first-order chi connectivity index (χ1) is 10.8. The van der Waals surface area contributed by atoms with E-state index in [0.29, 0.717) is 0 Å². The molecule has 138 valence electrons. The smallest absolute Gasteiger partial charge is 0.187 e. The summed E-state index contributed by atoms with van der Waals surface area (Å²) in [5.74, 6) is 0. The van der Waals surface area contributed by atoms with Gasteiger partial charge in [0, 0.05) is 0 Å². The van der Waals surface area contributed by atoms with Gasteiger partial charge in [0.1, 0.15) is 48.8 Å². The SMILES string of the molecule is OC[C@@H](O)[C@@H](O[C@H]1O[C@H](CO)[C@H](O)[C@H](O)[C@H]1O)[C@H](O)[C@@H](O)CO. The highest BCUT2D eigenvalue weighted by Crippen LogP contribution is 2.24. The number of ether oxygens (including phenoxy) is 2. The molecule has 0 amide bonds. The molecule has 1 rings (SSSR count). The van der Waals surface area contributed by atoms with Crippen molar-refractivity contribution >= 4 is 0 Å². The molecule has 0 aromatic carbocycles. The summed E-state index contributed by atoms with van der Waals surface area (Å²) in [6.07, 6.45) is -15.1. The standard InChI is InChI=1S/C12H24O11/c13-1-4(16)7(18)11(5(17)2-14)23-12-10(21)9(20)8(19)6(3-15)22-12/h4-21H,1-3H2/t4-,5+,6+,7+,8-,9-,10+,11+,12+/m0/s1. The van der Waals surface area contributed by atoms with Crippen molar-refractivity contribution in [1.29, 1.82) is 0 Å². The fraction of sp³-hybridized carbons (Fsp3) is 1.00. The molecule has 0 radical (unpaired) electrons. The van der Waals surface area contributed by atoms with Gasteiger partial charge in [-0.25, -0.2) is 0 Å². The van der Waals surface area contributed by atoms with Crippen molar-refractivity contribution in [3.8, 4) is 0 Å². The van der Waals surface area contributed by atoms with Crippen LogP contribution in [0.25, 0.3) is 0 Å². The summed E-state index contributed by atoms with van der Waals surface area (Å²) in [5, 5.41) is 84.9. The first-order valence-electron chi connectivity index (χ1n) is 7.00. The highest BCUT2D eigenvalue weighted by molar-refractivity contribution is 4.91. The zero-order chi connectivity index (χ0) is 17.7. The molecule has 23 heavy (non-hydrogen) atoms. The fourth-order valence-electron chi connectivity index (χ4n) is 2.16. The zero-order valence-electron chi connectivity index (χ0n) is 12.2. The van der Waals surface area contributed by atoms with Crippen molar-refractivity contribution in [1.82, 2.24) is 0 Å². The lowest BCUT2D eigenvalue weighted by atomic mass is 9.98. The van der Waals surface area contributed by atoms with Crippen molar-refractivity contribution in [2.24, 2.45) is 0 Å². The Hall–Kier alpha value is -0.440. The van der Waals surface area contributed by atoms with Crippen molar-refractivity contribution < 1.29 is 55.4 Å². The first kappa shape index (κ1) is 20.6. The van der Waals surface area contributed by atoms with Gasteiger partial charge in [0.25, 0.3) is 0 Å². The molecule has 1 aliphatic rings. The third-order valence-electron chi connectivity index (χ3n) is 3.62. The summed E-state index contributed by atoms with van der Waals surface area (Å²) >= 11 is 0. The van der Waals surface area contributed by atoms with Gasteiger partial charge < -0.3 is 55.4 Å². The highest BCUT2D eigenvalue weighted by Gasteiger charge is 2.46. The maximum Gasteiger partial charge on any atom is 0.187 e. The Balaban J connectivity index is 2.89. The summed E-state index contributed by atoms with van der Waals surface area (Å²) in [5.41, 5.74) is 0. The molecular weight excluding hydrogens is 320 g/mol. The second kappa shape index (κ2) is 9.15. The van der Waals surface area contributed by atoms with Gasteiger partial charge in [0.2, 0.25) is 0 Å². The second-order valence-corrected chi connectivity index (χ2v) is 5.29. The minimum absolute atomic E-state index is 0.708. The molecule has 0 aromatic heterocycles. The fourth-order valence-corrected chi connectivity index (χ4v) is 2.16. The number of hydrogen-bond acceptors (Lipinski definition) is 11. The molecule has 0 spiro atoms. The van der Waals surface area contributed by atoms with E-state index in [4.69, 9.17) is 24.8 Å². The Labute approximate surface area is 131 Å². The molecule has 9 atom stereocenters. The van der Waals surface area contributed by atoms with Crippen LogP contribution in [0.1, 0.15) is 0 Å². The van der Waals surface area contributed by atoms with Crippen molar-refractivity contribution in [3.05, 3.63) is 0 Å². The maximum atomic E-state index is 9.83. The molecule has 1 aliphatic heterocycles. The van der Waals surface area contributed by atoms with E-state index in [1.807, 2.05) is 0 Å². The molecule has 0 aromatic rings.